The van der Waals surface area contributed by atoms with E-state index in [0.717, 1.165) is 0 Å². The fraction of sp³-hybridized carbons (Fsp3) is 0.625. The molecule has 0 aromatic carbocycles. The van der Waals surface area contributed by atoms with E-state index in [1.165, 1.54) is 6.92 Å². The molecule has 0 atom stereocenters. The average molecular weight is 337 g/mol. The van der Waals surface area contributed by atoms with Crippen LogP contribution in [0.3, 0.4) is 0 Å². The first kappa shape index (κ1) is 19.8. The molecule has 134 valence electrons. The fourth-order valence-electron chi connectivity index (χ4n) is 1.93. The first-order valence-electron chi connectivity index (χ1n) is 7.73. The molecule has 5 N–H and O–H groups in total. The summed E-state index contributed by atoms with van der Waals surface area (Å²) in [4.78, 5) is 31.6. The van der Waals surface area contributed by atoms with E-state index < -0.39 is 11.4 Å². The molecule has 0 radical (unpaired) electrons. The van der Waals surface area contributed by atoms with Crippen LogP contribution in [0.15, 0.2) is 0 Å². The quantitative estimate of drug-likeness (QED) is 0.671. The summed E-state index contributed by atoms with van der Waals surface area (Å²) in [6.07, 6.45) is 0.602. The van der Waals surface area contributed by atoms with Crippen LogP contribution in [0.25, 0.3) is 0 Å². The molecule has 24 heavy (non-hydrogen) atoms. The zero-order chi connectivity index (χ0) is 18.7. The Balaban J connectivity index is 2.83. The first-order chi connectivity index (χ1) is 10.8. The smallest absolute Gasteiger partial charge is 0.274 e. The molecule has 0 saturated carbocycles. The summed E-state index contributed by atoms with van der Waals surface area (Å²) in [5, 5.41) is 2.83. The van der Waals surface area contributed by atoms with Crippen molar-refractivity contribution in [1.82, 2.24) is 15.3 Å². The van der Waals surface area contributed by atoms with Gasteiger partial charge in [-0.05, 0) is 41.0 Å². The van der Waals surface area contributed by atoms with E-state index in [4.69, 9.17) is 16.2 Å². The predicted molar refractivity (Wildman–Crippen MR) is 92.7 cm³/mol. The van der Waals surface area contributed by atoms with Gasteiger partial charge in [-0.3, -0.25) is 9.59 Å². The van der Waals surface area contributed by atoms with Crippen molar-refractivity contribution in [2.45, 2.75) is 59.1 Å². The summed E-state index contributed by atoms with van der Waals surface area (Å²) in [7, 11) is 0. The molecule has 1 heterocycles. The number of carbonyl (C=O) groups excluding carboxylic acids is 2. The summed E-state index contributed by atoms with van der Waals surface area (Å²) in [5.74, 6) is -1.11. The van der Waals surface area contributed by atoms with Crippen molar-refractivity contribution in [1.29, 1.82) is 0 Å². The van der Waals surface area contributed by atoms with E-state index in [9.17, 15) is 9.59 Å². The minimum atomic E-state index is -0.537. The van der Waals surface area contributed by atoms with E-state index in [2.05, 4.69) is 15.3 Å². The third kappa shape index (κ3) is 5.77. The van der Waals surface area contributed by atoms with Crippen molar-refractivity contribution in [2.75, 3.05) is 18.1 Å². The fourth-order valence-corrected chi connectivity index (χ4v) is 1.93. The van der Waals surface area contributed by atoms with Crippen molar-refractivity contribution in [3.63, 3.8) is 0 Å². The molecule has 0 spiro atoms. The van der Waals surface area contributed by atoms with Gasteiger partial charge in [0.2, 0.25) is 0 Å². The van der Waals surface area contributed by atoms with Gasteiger partial charge in [0.05, 0.1) is 5.60 Å². The molecule has 0 aliphatic rings. The summed E-state index contributed by atoms with van der Waals surface area (Å²) in [5.41, 5.74) is 10.5. The molecule has 8 heteroatoms. The second kappa shape index (κ2) is 7.12. The number of rotatable bonds is 6. The SMILES string of the molecule is CC(=O)c1nc(N)c(C(=O)NC(C)(C)CCOC(C)(C)C)nc1N. The maximum absolute atomic E-state index is 12.4. The van der Waals surface area contributed by atoms with Crippen molar-refractivity contribution < 1.29 is 14.3 Å². The Morgan fingerprint density at radius 1 is 1.04 bits per heavy atom. The zero-order valence-electron chi connectivity index (χ0n) is 15.2. The van der Waals surface area contributed by atoms with Crippen molar-refractivity contribution in [3.8, 4) is 0 Å². The highest BCUT2D eigenvalue weighted by atomic mass is 16.5. The second-order valence-corrected chi connectivity index (χ2v) is 7.30. The Labute approximate surface area is 142 Å². The summed E-state index contributed by atoms with van der Waals surface area (Å²) in [6, 6.07) is 0. The van der Waals surface area contributed by atoms with Gasteiger partial charge in [-0.1, -0.05) is 0 Å². The topological polar surface area (TPSA) is 133 Å². The number of aromatic nitrogens is 2. The van der Waals surface area contributed by atoms with Crippen LogP contribution in [-0.2, 0) is 4.74 Å². The number of anilines is 2. The minimum Gasteiger partial charge on any atom is -0.382 e. The molecule has 0 aliphatic carbocycles. The van der Waals surface area contributed by atoms with E-state index in [1.54, 1.807) is 0 Å². The number of ether oxygens (including phenoxy) is 1. The number of nitrogens with two attached hydrogens (primary N) is 2. The van der Waals surface area contributed by atoms with Crippen molar-refractivity contribution in [2.24, 2.45) is 0 Å². The van der Waals surface area contributed by atoms with Crippen LogP contribution >= 0.6 is 0 Å². The molecular formula is C16H27N5O3. The second-order valence-electron chi connectivity index (χ2n) is 7.30. The Morgan fingerprint density at radius 3 is 2.04 bits per heavy atom. The number of nitrogens with one attached hydrogen (secondary N) is 1. The van der Waals surface area contributed by atoms with Crippen LogP contribution in [0.1, 0.15) is 68.9 Å². The molecular weight excluding hydrogens is 310 g/mol. The third-order valence-corrected chi connectivity index (χ3v) is 3.21. The Morgan fingerprint density at radius 2 is 1.54 bits per heavy atom. The number of hydrogen-bond donors (Lipinski definition) is 3. The number of Topliss-reactive ketones (excluding diaryl/α,β-unsaturated/α-hetero) is 1. The standard InChI is InChI=1S/C16H27N5O3/c1-9(22)10-12(17)20-11(13(18)19-10)14(23)21-16(5,6)7-8-24-15(2,3)4/h7-8H2,1-6H3,(H2,17,20)(H2,18,19)(H,21,23). The van der Waals surface area contributed by atoms with Crippen molar-refractivity contribution in [3.05, 3.63) is 11.4 Å². The van der Waals surface area contributed by atoms with Gasteiger partial charge < -0.3 is 21.5 Å². The van der Waals surface area contributed by atoms with Gasteiger partial charge >= 0.3 is 0 Å². The van der Waals surface area contributed by atoms with Gasteiger partial charge in [-0.2, -0.15) is 0 Å². The maximum atomic E-state index is 12.4. The largest absolute Gasteiger partial charge is 0.382 e. The lowest BCUT2D eigenvalue weighted by Gasteiger charge is -2.28. The molecule has 8 nitrogen and oxygen atoms in total. The average Bonchev–Trinajstić information content (AvgIpc) is 2.38. The van der Waals surface area contributed by atoms with Gasteiger partial charge in [0, 0.05) is 19.1 Å². The highest BCUT2D eigenvalue weighted by Crippen LogP contribution is 2.17. The predicted octanol–water partition coefficient (Wildman–Crippen LogP) is 1.56. The zero-order valence-corrected chi connectivity index (χ0v) is 15.2. The van der Waals surface area contributed by atoms with E-state index in [0.29, 0.717) is 13.0 Å². The third-order valence-electron chi connectivity index (χ3n) is 3.21. The summed E-state index contributed by atoms with van der Waals surface area (Å²) < 4.78 is 5.68. The number of amides is 1. The highest BCUT2D eigenvalue weighted by molar-refractivity contribution is 6.00. The summed E-state index contributed by atoms with van der Waals surface area (Å²) in [6.45, 7) is 11.4. The normalized spacial score (nSPS) is 12.1. The number of nitrogens with zero attached hydrogens (tertiary/aromatic N) is 2. The van der Waals surface area contributed by atoms with E-state index in [-0.39, 0.29) is 34.4 Å². The molecule has 0 unspecified atom stereocenters. The van der Waals surface area contributed by atoms with Gasteiger partial charge in [-0.25, -0.2) is 9.97 Å². The first-order valence-corrected chi connectivity index (χ1v) is 7.73. The maximum Gasteiger partial charge on any atom is 0.274 e. The van der Waals surface area contributed by atoms with Crippen LogP contribution in [0.4, 0.5) is 11.6 Å². The number of nitrogen functional groups attached to an aromatic ring is 2. The van der Waals surface area contributed by atoms with Gasteiger partial charge in [0.15, 0.2) is 28.8 Å². The highest BCUT2D eigenvalue weighted by Gasteiger charge is 2.25. The molecule has 0 bridgehead atoms. The van der Waals surface area contributed by atoms with Gasteiger partial charge in [-0.15, -0.1) is 0 Å². The van der Waals surface area contributed by atoms with Crippen LogP contribution in [0.5, 0.6) is 0 Å². The number of carbonyl (C=O) groups is 2. The van der Waals surface area contributed by atoms with Crippen LogP contribution < -0.4 is 16.8 Å². The Bertz CT molecular complexity index is 635. The molecule has 0 aliphatic heterocycles. The lowest BCUT2D eigenvalue weighted by Crippen LogP contribution is -2.45. The minimum absolute atomic E-state index is 0.0399. The molecule has 0 saturated heterocycles. The molecule has 1 aromatic heterocycles. The molecule has 1 aromatic rings. The molecule has 1 amide bonds. The molecule has 1 rings (SSSR count). The van der Waals surface area contributed by atoms with E-state index >= 15 is 0 Å². The number of ketones is 1. The monoisotopic (exact) mass is 337 g/mol. The van der Waals surface area contributed by atoms with Gasteiger partial charge in [0.1, 0.15) is 0 Å². The number of hydrogen-bond acceptors (Lipinski definition) is 7. The lowest BCUT2D eigenvalue weighted by molar-refractivity contribution is -0.0111. The van der Waals surface area contributed by atoms with Crippen LogP contribution in [0, 0.1) is 0 Å². The van der Waals surface area contributed by atoms with Crippen LogP contribution in [0.2, 0.25) is 0 Å². The lowest BCUT2D eigenvalue weighted by atomic mass is 10.0. The van der Waals surface area contributed by atoms with E-state index in [1.807, 2.05) is 34.6 Å². The van der Waals surface area contributed by atoms with Crippen LogP contribution in [-0.4, -0.2) is 39.4 Å². The Hall–Kier alpha value is -2.22. The van der Waals surface area contributed by atoms with Crippen molar-refractivity contribution >= 4 is 23.3 Å². The summed E-state index contributed by atoms with van der Waals surface area (Å²) >= 11 is 0. The molecule has 0 fully saturated rings. The Kier molecular flexibility index (Phi) is 5.89. The van der Waals surface area contributed by atoms with Gasteiger partial charge in [0.25, 0.3) is 5.91 Å².